The van der Waals surface area contributed by atoms with Crippen molar-refractivity contribution in [2.45, 2.75) is 52.2 Å². The minimum absolute atomic E-state index is 0.0595. The minimum atomic E-state index is -0.485. The second-order valence-electron chi connectivity index (χ2n) is 7.97. The summed E-state index contributed by atoms with van der Waals surface area (Å²) in [4.78, 5) is 13.2. The summed E-state index contributed by atoms with van der Waals surface area (Å²) in [7, 11) is 3.21. The van der Waals surface area contributed by atoms with Crippen molar-refractivity contribution in [1.82, 2.24) is 10.6 Å². The average Bonchev–Trinajstić information content (AvgIpc) is 2.69. The van der Waals surface area contributed by atoms with Crippen molar-refractivity contribution in [3.05, 3.63) is 35.0 Å². The van der Waals surface area contributed by atoms with Crippen molar-refractivity contribution in [2.75, 3.05) is 14.2 Å². The van der Waals surface area contributed by atoms with Crippen LogP contribution >= 0.6 is 12.2 Å². The highest BCUT2D eigenvalue weighted by Gasteiger charge is 2.35. The first-order valence-electron chi connectivity index (χ1n) is 10.0. The first-order chi connectivity index (χ1) is 13.8. The van der Waals surface area contributed by atoms with Gasteiger partial charge in [-0.25, -0.2) is 4.79 Å². The average molecular weight is 419 g/mol. The number of allylic oxidation sites excluding steroid dienone is 1. The maximum atomic E-state index is 13.2. The van der Waals surface area contributed by atoms with Gasteiger partial charge in [0.25, 0.3) is 0 Å². The van der Waals surface area contributed by atoms with Gasteiger partial charge in [0.05, 0.1) is 25.8 Å². The largest absolute Gasteiger partial charge is 0.497 e. The van der Waals surface area contributed by atoms with Crippen molar-refractivity contribution in [1.29, 1.82) is 0 Å². The van der Waals surface area contributed by atoms with Crippen LogP contribution in [0.25, 0.3) is 0 Å². The summed E-state index contributed by atoms with van der Waals surface area (Å²) in [5.74, 6) is 2.20. The molecule has 1 aromatic rings. The van der Waals surface area contributed by atoms with Gasteiger partial charge in [0, 0.05) is 11.3 Å². The van der Waals surface area contributed by atoms with Crippen LogP contribution in [0.1, 0.15) is 51.6 Å². The normalized spacial score (nSPS) is 27.0. The van der Waals surface area contributed by atoms with Gasteiger partial charge in [-0.15, -0.1) is 0 Å². The molecular formula is C22H30N2O4S. The van der Waals surface area contributed by atoms with Gasteiger partial charge in [-0.05, 0) is 68.4 Å². The number of esters is 1. The molecule has 0 spiro atoms. The molecule has 3 rings (SSSR count). The summed E-state index contributed by atoms with van der Waals surface area (Å²) < 4.78 is 16.9. The second kappa shape index (κ2) is 9.03. The van der Waals surface area contributed by atoms with Crippen LogP contribution in [0.5, 0.6) is 11.5 Å². The highest BCUT2D eigenvalue weighted by molar-refractivity contribution is 7.80. The van der Waals surface area contributed by atoms with Crippen LogP contribution in [0.2, 0.25) is 0 Å². The van der Waals surface area contributed by atoms with E-state index in [-0.39, 0.29) is 12.1 Å². The fraction of sp³-hybridized carbons (Fsp3) is 0.545. The molecule has 1 heterocycles. The summed E-state index contributed by atoms with van der Waals surface area (Å²) in [5.41, 5.74) is 1.97. The molecular weight excluding hydrogens is 388 g/mol. The number of carbonyl (C=O) groups excluding carboxylic acids is 1. The van der Waals surface area contributed by atoms with E-state index in [0.29, 0.717) is 39.7 Å². The Labute approximate surface area is 178 Å². The molecule has 2 N–H and O–H groups in total. The number of benzene rings is 1. The standard InChI is InChI=1S/C22H30N2O4S/c1-12-6-7-16(10-13(12)2)28-21(25)19-14(3)23-22(29)24-20(19)17-11-15(26-4)8-9-18(17)27-5/h8-9,11-13,16,20H,6-7,10H2,1-5H3,(H2,23,24,29)/t12-,13+,16+,20-/m0/s1. The number of ether oxygens (including phenoxy) is 3. The predicted molar refractivity (Wildman–Crippen MR) is 116 cm³/mol. The molecule has 7 heteroatoms. The number of hydrogen-bond acceptors (Lipinski definition) is 5. The van der Waals surface area contributed by atoms with Gasteiger partial charge in [0.1, 0.15) is 17.6 Å². The molecule has 1 aromatic carbocycles. The third-order valence-electron chi connectivity index (χ3n) is 6.06. The number of hydrogen-bond donors (Lipinski definition) is 2. The quantitative estimate of drug-likeness (QED) is 0.556. The van der Waals surface area contributed by atoms with Crippen molar-refractivity contribution in [3.63, 3.8) is 0 Å². The lowest BCUT2D eigenvalue weighted by molar-refractivity contribution is -0.147. The van der Waals surface area contributed by atoms with Crippen LogP contribution in [-0.2, 0) is 9.53 Å². The molecule has 158 valence electrons. The monoisotopic (exact) mass is 418 g/mol. The molecule has 29 heavy (non-hydrogen) atoms. The van der Waals surface area contributed by atoms with Crippen molar-refractivity contribution in [3.8, 4) is 11.5 Å². The summed E-state index contributed by atoms with van der Waals surface area (Å²) in [5, 5.41) is 6.71. The zero-order chi connectivity index (χ0) is 21.1. The Kier molecular flexibility index (Phi) is 6.67. The van der Waals surface area contributed by atoms with Crippen molar-refractivity contribution in [2.24, 2.45) is 11.8 Å². The van der Waals surface area contributed by atoms with Gasteiger partial charge in [-0.2, -0.15) is 0 Å². The molecule has 0 radical (unpaired) electrons. The topological polar surface area (TPSA) is 68.8 Å². The summed E-state index contributed by atoms with van der Waals surface area (Å²) >= 11 is 5.35. The SMILES string of the molecule is COc1ccc(OC)c([C@@H]2NC(=S)NC(C)=C2C(=O)O[C@@H]2CC[C@H](C)[C@H](C)C2)c1. The molecule has 2 aliphatic rings. The maximum absolute atomic E-state index is 13.2. The lowest BCUT2D eigenvalue weighted by Gasteiger charge is -2.34. The molecule has 6 nitrogen and oxygen atoms in total. The molecule has 0 unspecified atom stereocenters. The van der Waals surface area contributed by atoms with E-state index < -0.39 is 6.04 Å². The fourth-order valence-corrected chi connectivity index (χ4v) is 4.35. The van der Waals surface area contributed by atoms with E-state index in [2.05, 4.69) is 24.5 Å². The van der Waals surface area contributed by atoms with Gasteiger partial charge >= 0.3 is 5.97 Å². The Morgan fingerprint density at radius 3 is 2.55 bits per heavy atom. The van der Waals surface area contributed by atoms with Gasteiger partial charge < -0.3 is 24.8 Å². The third-order valence-corrected chi connectivity index (χ3v) is 6.28. The van der Waals surface area contributed by atoms with E-state index in [0.717, 1.165) is 24.8 Å². The summed E-state index contributed by atoms with van der Waals surface area (Å²) in [6, 6.07) is 5.01. The Morgan fingerprint density at radius 2 is 1.90 bits per heavy atom. The molecule has 1 saturated carbocycles. The minimum Gasteiger partial charge on any atom is -0.497 e. The van der Waals surface area contributed by atoms with Crippen LogP contribution < -0.4 is 20.1 Å². The van der Waals surface area contributed by atoms with Crippen LogP contribution in [0, 0.1) is 11.8 Å². The lowest BCUT2D eigenvalue weighted by atomic mass is 9.80. The van der Waals surface area contributed by atoms with Crippen LogP contribution in [0.3, 0.4) is 0 Å². The smallest absolute Gasteiger partial charge is 0.338 e. The molecule has 4 atom stereocenters. The molecule has 0 saturated heterocycles. The molecule has 1 fully saturated rings. The fourth-order valence-electron chi connectivity index (χ4n) is 4.08. The third kappa shape index (κ3) is 4.66. The Bertz CT molecular complexity index is 823. The molecule has 0 aromatic heterocycles. The van der Waals surface area contributed by atoms with Gasteiger partial charge in [-0.1, -0.05) is 13.8 Å². The van der Waals surface area contributed by atoms with E-state index in [1.54, 1.807) is 14.2 Å². The van der Waals surface area contributed by atoms with E-state index in [1.807, 2.05) is 25.1 Å². The number of thiocarbonyl (C=S) groups is 1. The van der Waals surface area contributed by atoms with E-state index in [1.165, 1.54) is 0 Å². The van der Waals surface area contributed by atoms with Crippen LogP contribution in [0.4, 0.5) is 0 Å². The van der Waals surface area contributed by atoms with E-state index in [9.17, 15) is 4.79 Å². The predicted octanol–water partition coefficient (Wildman–Crippen LogP) is 3.86. The first kappa shape index (κ1) is 21.4. The summed E-state index contributed by atoms with van der Waals surface area (Å²) in [6.45, 7) is 6.33. The maximum Gasteiger partial charge on any atom is 0.338 e. The molecule has 0 amide bonds. The zero-order valence-electron chi connectivity index (χ0n) is 17.7. The van der Waals surface area contributed by atoms with Gasteiger partial charge in [0.2, 0.25) is 0 Å². The van der Waals surface area contributed by atoms with Crippen molar-refractivity contribution < 1.29 is 19.0 Å². The number of rotatable bonds is 5. The van der Waals surface area contributed by atoms with E-state index >= 15 is 0 Å². The molecule has 1 aliphatic heterocycles. The Morgan fingerprint density at radius 1 is 1.14 bits per heavy atom. The molecule has 0 bridgehead atoms. The Balaban J connectivity index is 1.91. The van der Waals surface area contributed by atoms with Crippen molar-refractivity contribution >= 4 is 23.3 Å². The van der Waals surface area contributed by atoms with E-state index in [4.69, 9.17) is 26.4 Å². The van der Waals surface area contributed by atoms with Gasteiger partial charge in [-0.3, -0.25) is 0 Å². The number of nitrogens with one attached hydrogen (secondary N) is 2. The van der Waals surface area contributed by atoms with Crippen LogP contribution in [-0.4, -0.2) is 31.4 Å². The second-order valence-corrected chi connectivity index (χ2v) is 8.38. The molecule has 1 aliphatic carbocycles. The zero-order valence-corrected chi connectivity index (χ0v) is 18.5. The number of methoxy groups -OCH3 is 2. The highest BCUT2D eigenvalue weighted by atomic mass is 32.1. The highest BCUT2D eigenvalue weighted by Crippen LogP contribution is 2.37. The Hall–Kier alpha value is -2.28. The first-order valence-corrected chi connectivity index (χ1v) is 10.5. The summed E-state index contributed by atoms with van der Waals surface area (Å²) in [6.07, 6.45) is 2.81. The number of carbonyl (C=O) groups is 1. The lowest BCUT2D eigenvalue weighted by Crippen LogP contribution is -2.45. The van der Waals surface area contributed by atoms with Gasteiger partial charge in [0.15, 0.2) is 5.11 Å². The van der Waals surface area contributed by atoms with Crippen LogP contribution in [0.15, 0.2) is 29.5 Å².